The van der Waals surface area contributed by atoms with Crippen LogP contribution in [-0.4, -0.2) is 49.7 Å². The minimum absolute atomic E-state index is 0.0592. The Kier molecular flexibility index (Phi) is 5.16. The Bertz CT molecular complexity index is 505. The molecule has 1 amide bonds. The van der Waals surface area contributed by atoms with E-state index < -0.39 is 0 Å². The van der Waals surface area contributed by atoms with E-state index in [1.54, 1.807) is 11.3 Å². The Morgan fingerprint density at radius 2 is 2.36 bits per heavy atom. The first-order chi connectivity index (χ1) is 10.6. The number of nitrogens with one attached hydrogen (secondary N) is 1. The first-order valence-corrected chi connectivity index (χ1v) is 9.17. The summed E-state index contributed by atoms with van der Waals surface area (Å²) in [7, 11) is 0. The van der Waals surface area contributed by atoms with Gasteiger partial charge in [0, 0.05) is 31.1 Å². The van der Waals surface area contributed by atoms with Crippen LogP contribution >= 0.6 is 11.3 Å². The first-order valence-electron chi connectivity index (χ1n) is 8.35. The average molecular weight is 322 g/mol. The van der Waals surface area contributed by atoms with Crippen LogP contribution in [0.25, 0.3) is 0 Å². The van der Waals surface area contributed by atoms with E-state index >= 15 is 0 Å². The Morgan fingerprint density at radius 1 is 1.50 bits per heavy atom. The van der Waals surface area contributed by atoms with Crippen LogP contribution in [0.4, 0.5) is 0 Å². The van der Waals surface area contributed by atoms with Gasteiger partial charge in [-0.15, -0.1) is 11.3 Å². The molecule has 1 aliphatic carbocycles. The highest BCUT2D eigenvalue weighted by Gasteiger charge is 2.23. The molecule has 22 heavy (non-hydrogen) atoms. The second kappa shape index (κ2) is 7.11. The summed E-state index contributed by atoms with van der Waals surface area (Å²) in [4.78, 5) is 17.0. The van der Waals surface area contributed by atoms with Crippen molar-refractivity contribution >= 4 is 17.2 Å². The maximum absolute atomic E-state index is 12.3. The molecule has 1 unspecified atom stereocenters. The van der Waals surface area contributed by atoms with Gasteiger partial charge in [-0.25, -0.2) is 0 Å². The lowest BCUT2D eigenvalue weighted by atomic mass is 10.2. The van der Waals surface area contributed by atoms with Crippen LogP contribution in [0.15, 0.2) is 6.07 Å². The summed E-state index contributed by atoms with van der Waals surface area (Å²) >= 11 is 1.66. The van der Waals surface area contributed by atoms with Crippen molar-refractivity contribution in [3.8, 4) is 0 Å². The molecular weight excluding hydrogens is 296 g/mol. The standard InChI is InChI=1S/C17H26N2O2S/c1-12(2)10-19-6-7-21-14(11-19)9-18-17(20)16-8-13-4-3-5-15(13)22-16/h8,12,14H,3-7,9-11H2,1-2H3,(H,18,20). The van der Waals surface area contributed by atoms with Crippen LogP contribution in [0, 0.1) is 5.92 Å². The van der Waals surface area contributed by atoms with E-state index in [9.17, 15) is 4.79 Å². The van der Waals surface area contributed by atoms with Gasteiger partial charge in [0.2, 0.25) is 0 Å². The van der Waals surface area contributed by atoms with Crippen molar-refractivity contribution in [2.45, 2.75) is 39.2 Å². The number of nitrogens with zero attached hydrogens (tertiary/aromatic N) is 1. The minimum Gasteiger partial charge on any atom is -0.374 e. The van der Waals surface area contributed by atoms with Crippen LogP contribution in [0.5, 0.6) is 0 Å². The normalized spacial score (nSPS) is 22.0. The third-order valence-corrected chi connectivity index (χ3v) is 5.54. The molecule has 1 aromatic rings. The van der Waals surface area contributed by atoms with E-state index in [1.807, 2.05) is 0 Å². The summed E-state index contributed by atoms with van der Waals surface area (Å²) in [6.45, 7) is 8.87. The quantitative estimate of drug-likeness (QED) is 0.904. The van der Waals surface area contributed by atoms with Gasteiger partial charge in [0.15, 0.2) is 0 Å². The number of thiophene rings is 1. The highest BCUT2D eigenvalue weighted by molar-refractivity contribution is 7.14. The number of amides is 1. The summed E-state index contributed by atoms with van der Waals surface area (Å²) in [5.41, 5.74) is 1.38. The summed E-state index contributed by atoms with van der Waals surface area (Å²) in [5, 5.41) is 3.05. The zero-order chi connectivity index (χ0) is 15.5. The van der Waals surface area contributed by atoms with Crippen molar-refractivity contribution < 1.29 is 9.53 Å². The molecule has 0 radical (unpaired) electrons. The molecule has 3 rings (SSSR count). The fraction of sp³-hybridized carbons (Fsp3) is 0.706. The monoisotopic (exact) mass is 322 g/mol. The highest BCUT2D eigenvalue weighted by atomic mass is 32.1. The van der Waals surface area contributed by atoms with Crippen molar-refractivity contribution in [2.75, 3.05) is 32.8 Å². The zero-order valence-corrected chi connectivity index (χ0v) is 14.4. The van der Waals surface area contributed by atoms with E-state index in [1.165, 1.54) is 16.9 Å². The molecule has 122 valence electrons. The molecule has 2 aliphatic rings. The van der Waals surface area contributed by atoms with Gasteiger partial charge < -0.3 is 10.1 Å². The predicted octanol–water partition coefficient (Wildman–Crippen LogP) is 2.32. The molecule has 5 heteroatoms. The largest absolute Gasteiger partial charge is 0.374 e. The van der Waals surface area contributed by atoms with Gasteiger partial charge in [-0.3, -0.25) is 9.69 Å². The van der Waals surface area contributed by atoms with Gasteiger partial charge >= 0.3 is 0 Å². The zero-order valence-electron chi connectivity index (χ0n) is 13.6. The average Bonchev–Trinajstić information content (AvgIpc) is 3.05. The molecule has 2 heterocycles. The molecule has 0 aromatic carbocycles. The molecule has 1 aliphatic heterocycles. The number of aryl methyl sites for hydroxylation is 2. The highest BCUT2D eigenvalue weighted by Crippen LogP contribution is 2.30. The van der Waals surface area contributed by atoms with E-state index in [2.05, 4.69) is 30.1 Å². The molecule has 0 spiro atoms. The van der Waals surface area contributed by atoms with Gasteiger partial charge in [-0.1, -0.05) is 13.8 Å². The SMILES string of the molecule is CC(C)CN1CCOC(CNC(=O)c2cc3c(s2)CCC3)C1. The maximum Gasteiger partial charge on any atom is 0.261 e. The lowest BCUT2D eigenvalue weighted by molar-refractivity contribution is -0.0295. The van der Waals surface area contributed by atoms with E-state index in [0.29, 0.717) is 12.5 Å². The van der Waals surface area contributed by atoms with Gasteiger partial charge in [-0.2, -0.15) is 0 Å². The van der Waals surface area contributed by atoms with Crippen molar-refractivity contribution in [1.29, 1.82) is 0 Å². The van der Waals surface area contributed by atoms with E-state index in [4.69, 9.17) is 4.74 Å². The lowest BCUT2D eigenvalue weighted by Crippen LogP contribution is -2.48. The first kappa shape index (κ1) is 16.0. The van der Waals surface area contributed by atoms with Crippen LogP contribution in [0.2, 0.25) is 0 Å². The van der Waals surface area contributed by atoms with Crippen molar-refractivity contribution in [3.05, 3.63) is 21.4 Å². The summed E-state index contributed by atoms with van der Waals surface area (Å²) < 4.78 is 5.78. The summed E-state index contributed by atoms with van der Waals surface area (Å²) in [5.74, 6) is 0.728. The van der Waals surface area contributed by atoms with E-state index in [-0.39, 0.29) is 12.0 Å². The molecule has 1 aromatic heterocycles. The lowest BCUT2D eigenvalue weighted by Gasteiger charge is -2.33. The van der Waals surface area contributed by atoms with Crippen molar-refractivity contribution in [3.63, 3.8) is 0 Å². The van der Waals surface area contributed by atoms with Gasteiger partial charge in [0.1, 0.15) is 0 Å². The van der Waals surface area contributed by atoms with Gasteiger partial charge in [0.25, 0.3) is 5.91 Å². The summed E-state index contributed by atoms with van der Waals surface area (Å²) in [6.07, 6.45) is 3.63. The smallest absolute Gasteiger partial charge is 0.261 e. The van der Waals surface area contributed by atoms with Crippen LogP contribution in [0.1, 0.15) is 40.4 Å². The van der Waals surface area contributed by atoms with Crippen LogP contribution in [0.3, 0.4) is 0 Å². The van der Waals surface area contributed by atoms with Crippen LogP contribution in [-0.2, 0) is 17.6 Å². The second-order valence-corrected chi connectivity index (χ2v) is 7.91. The molecule has 1 N–H and O–H groups in total. The Balaban J connectivity index is 1.48. The Morgan fingerprint density at radius 3 is 3.14 bits per heavy atom. The maximum atomic E-state index is 12.3. The number of fused-ring (bicyclic) bond motifs is 1. The number of morpholine rings is 1. The number of hydrogen-bond acceptors (Lipinski definition) is 4. The number of ether oxygens (including phenoxy) is 1. The molecule has 0 bridgehead atoms. The molecular formula is C17H26N2O2S. The Labute approximate surface area is 136 Å². The van der Waals surface area contributed by atoms with Gasteiger partial charge in [0.05, 0.1) is 17.6 Å². The molecule has 0 saturated carbocycles. The predicted molar refractivity (Wildman–Crippen MR) is 89.7 cm³/mol. The second-order valence-electron chi connectivity index (χ2n) is 6.77. The van der Waals surface area contributed by atoms with Gasteiger partial charge in [-0.05, 0) is 36.8 Å². The minimum atomic E-state index is 0.0592. The third-order valence-electron chi connectivity index (χ3n) is 4.31. The molecule has 1 fully saturated rings. The molecule has 1 atom stereocenters. The number of hydrogen-bond donors (Lipinski definition) is 1. The molecule has 1 saturated heterocycles. The number of carbonyl (C=O) groups is 1. The van der Waals surface area contributed by atoms with Crippen molar-refractivity contribution in [2.24, 2.45) is 5.92 Å². The van der Waals surface area contributed by atoms with Crippen molar-refractivity contribution in [1.82, 2.24) is 10.2 Å². The summed E-state index contributed by atoms with van der Waals surface area (Å²) in [6, 6.07) is 2.08. The fourth-order valence-corrected chi connectivity index (χ4v) is 4.49. The topological polar surface area (TPSA) is 41.6 Å². The number of rotatable bonds is 5. The number of carbonyl (C=O) groups excluding carboxylic acids is 1. The molecule has 4 nitrogen and oxygen atoms in total. The van der Waals surface area contributed by atoms with Crippen LogP contribution < -0.4 is 5.32 Å². The Hall–Kier alpha value is -0.910. The fourth-order valence-electron chi connectivity index (χ4n) is 3.32. The van der Waals surface area contributed by atoms with E-state index in [0.717, 1.165) is 44.0 Å². The third kappa shape index (κ3) is 3.89.